The molecule has 2 unspecified atom stereocenters. The van der Waals surface area contributed by atoms with Gasteiger partial charge in [0.05, 0.1) is 0 Å². The van der Waals surface area contributed by atoms with Crippen LogP contribution >= 0.6 is 0 Å². The number of rotatable bonds is 5. The molecular formula is C17H23N3O. The number of fused-ring (bicyclic) bond motifs is 1. The minimum Gasteiger partial charge on any atom is -0.478 e. The maximum Gasteiger partial charge on any atom is 0.174 e. The summed E-state index contributed by atoms with van der Waals surface area (Å²) in [6.07, 6.45) is 5.22. The Hall–Kier alpha value is -1.57. The lowest BCUT2D eigenvalue weighted by Crippen LogP contribution is -2.45. The number of hydrogen-bond donors (Lipinski definition) is 1. The minimum atomic E-state index is 0.109. The van der Waals surface area contributed by atoms with Crippen LogP contribution in [0.15, 0.2) is 24.3 Å². The molecule has 0 spiro atoms. The van der Waals surface area contributed by atoms with Crippen LogP contribution in [0.1, 0.15) is 31.2 Å². The average molecular weight is 285 g/mol. The molecule has 2 fully saturated rings. The Morgan fingerprint density at radius 1 is 1.29 bits per heavy atom. The summed E-state index contributed by atoms with van der Waals surface area (Å²) in [7, 11) is 0. The Bertz CT molecular complexity index is 511. The largest absolute Gasteiger partial charge is 0.478 e. The molecule has 1 aromatic rings. The lowest BCUT2D eigenvalue weighted by Gasteiger charge is -2.35. The standard InChI is InChI=1S/C17H23N3O/c18-8-11-21-17-6-2-1-4-14(17)13-19-15-7-10-20-9-3-5-16(20)12-15/h1-2,4,6,15-16,19H,3,5,7,9-13H2. The Morgan fingerprint density at radius 3 is 3.10 bits per heavy atom. The van der Waals surface area contributed by atoms with Crippen LogP contribution in [0.5, 0.6) is 5.75 Å². The molecule has 0 saturated carbocycles. The molecule has 0 aromatic heterocycles. The van der Waals surface area contributed by atoms with E-state index in [9.17, 15) is 0 Å². The van der Waals surface area contributed by atoms with Crippen LogP contribution in [0.4, 0.5) is 0 Å². The molecule has 0 bridgehead atoms. The smallest absolute Gasteiger partial charge is 0.174 e. The molecule has 0 aliphatic carbocycles. The van der Waals surface area contributed by atoms with Crippen molar-refractivity contribution >= 4 is 0 Å². The van der Waals surface area contributed by atoms with E-state index in [-0.39, 0.29) is 6.61 Å². The van der Waals surface area contributed by atoms with Gasteiger partial charge >= 0.3 is 0 Å². The summed E-state index contributed by atoms with van der Waals surface area (Å²) in [5.41, 5.74) is 1.14. The van der Waals surface area contributed by atoms with Gasteiger partial charge < -0.3 is 15.0 Å². The summed E-state index contributed by atoms with van der Waals surface area (Å²) < 4.78 is 5.49. The van der Waals surface area contributed by atoms with Gasteiger partial charge in [-0.25, -0.2) is 0 Å². The number of nitriles is 1. The van der Waals surface area contributed by atoms with Crippen molar-refractivity contribution in [2.24, 2.45) is 0 Å². The van der Waals surface area contributed by atoms with Crippen molar-refractivity contribution in [3.05, 3.63) is 29.8 Å². The van der Waals surface area contributed by atoms with E-state index in [0.29, 0.717) is 6.04 Å². The second kappa shape index (κ2) is 6.93. The molecule has 2 aliphatic heterocycles. The fourth-order valence-corrected chi connectivity index (χ4v) is 3.56. The quantitative estimate of drug-likeness (QED) is 0.902. The summed E-state index contributed by atoms with van der Waals surface area (Å²) in [5.74, 6) is 0.824. The monoisotopic (exact) mass is 285 g/mol. The van der Waals surface area contributed by atoms with Crippen molar-refractivity contribution in [2.45, 2.75) is 44.3 Å². The molecule has 21 heavy (non-hydrogen) atoms. The number of nitrogens with one attached hydrogen (secondary N) is 1. The fourth-order valence-electron chi connectivity index (χ4n) is 3.56. The maximum absolute atomic E-state index is 8.64. The average Bonchev–Trinajstić information content (AvgIpc) is 2.99. The van der Waals surface area contributed by atoms with E-state index in [1.807, 2.05) is 24.3 Å². The molecule has 2 atom stereocenters. The first-order valence-corrected chi connectivity index (χ1v) is 7.92. The summed E-state index contributed by atoms with van der Waals surface area (Å²) >= 11 is 0. The lowest BCUT2D eigenvalue weighted by molar-refractivity contribution is 0.166. The third kappa shape index (κ3) is 3.55. The molecule has 2 aliphatic rings. The highest BCUT2D eigenvalue weighted by Gasteiger charge is 2.31. The molecule has 4 nitrogen and oxygen atoms in total. The van der Waals surface area contributed by atoms with Gasteiger partial charge in [0.25, 0.3) is 0 Å². The second-order valence-electron chi connectivity index (χ2n) is 5.99. The van der Waals surface area contributed by atoms with E-state index in [0.717, 1.165) is 23.9 Å². The highest BCUT2D eigenvalue weighted by Crippen LogP contribution is 2.27. The molecule has 1 N–H and O–H groups in total. The molecule has 0 radical (unpaired) electrons. The number of hydrogen-bond acceptors (Lipinski definition) is 4. The second-order valence-corrected chi connectivity index (χ2v) is 5.99. The predicted molar refractivity (Wildman–Crippen MR) is 82.0 cm³/mol. The summed E-state index contributed by atoms with van der Waals surface area (Å²) in [6, 6.07) is 11.4. The van der Waals surface area contributed by atoms with Gasteiger partial charge in [-0.3, -0.25) is 0 Å². The van der Waals surface area contributed by atoms with Crippen molar-refractivity contribution in [3.63, 3.8) is 0 Å². The van der Waals surface area contributed by atoms with E-state index in [4.69, 9.17) is 10.00 Å². The Labute approximate surface area is 126 Å². The van der Waals surface area contributed by atoms with Gasteiger partial charge in [-0.05, 0) is 44.8 Å². The van der Waals surface area contributed by atoms with E-state index in [1.54, 1.807) is 0 Å². The number of ether oxygens (including phenoxy) is 1. The van der Waals surface area contributed by atoms with Gasteiger partial charge in [-0.1, -0.05) is 18.2 Å². The number of para-hydroxylation sites is 1. The van der Waals surface area contributed by atoms with Crippen LogP contribution in [-0.4, -0.2) is 36.7 Å². The third-order valence-electron chi connectivity index (χ3n) is 4.67. The SMILES string of the molecule is N#CCOc1ccccc1CNC1CCN2CCCC2C1. The van der Waals surface area contributed by atoms with Crippen molar-refractivity contribution in [3.8, 4) is 11.8 Å². The minimum absolute atomic E-state index is 0.109. The molecule has 3 rings (SSSR count). The highest BCUT2D eigenvalue weighted by atomic mass is 16.5. The molecular weight excluding hydrogens is 262 g/mol. The van der Waals surface area contributed by atoms with Crippen molar-refractivity contribution in [1.82, 2.24) is 10.2 Å². The Kier molecular flexibility index (Phi) is 4.74. The molecule has 112 valence electrons. The van der Waals surface area contributed by atoms with Crippen LogP contribution in [-0.2, 0) is 6.54 Å². The van der Waals surface area contributed by atoms with Gasteiger partial charge in [0.15, 0.2) is 6.61 Å². The first-order valence-electron chi connectivity index (χ1n) is 7.92. The third-order valence-corrected chi connectivity index (χ3v) is 4.67. The maximum atomic E-state index is 8.64. The van der Waals surface area contributed by atoms with Crippen LogP contribution in [0.25, 0.3) is 0 Å². The van der Waals surface area contributed by atoms with Gasteiger partial charge in [-0.2, -0.15) is 5.26 Å². The first-order chi connectivity index (χ1) is 10.4. The molecule has 1 aromatic carbocycles. The van der Waals surface area contributed by atoms with Crippen LogP contribution < -0.4 is 10.1 Å². The zero-order chi connectivity index (χ0) is 14.5. The summed E-state index contributed by atoms with van der Waals surface area (Å²) in [5, 5.41) is 12.3. The van der Waals surface area contributed by atoms with Gasteiger partial charge in [0, 0.05) is 24.2 Å². The predicted octanol–water partition coefficient (Wildman–Crippen LogP) is 2.31. The zero-order valence-corrected chi connectivity index (χ0v) is 12.4. The zero-order valence-electron chi connectivity index (χ0n) is 12.4. The van der Waals surface area contributed by atoms with E-state index in [1.165, 1.54) is 38.8 Å². The van der Waals surface area contributed by atoms with Crippen molar-refractivity contribution < 1.29 is 4.74 Å². The van der Waals surface area contributed by atoms with E-state index >= 15 is 0 Å². The highest BCUT2D eigenvalue weighted by molar-refractivity contribution is 5.33. The fraction of sp³-hybridized carbons (Fsp3) is 0.588. The summed E-state index contributed by atoms with van der Waals surface area (Å²) in [6.45, 7) is 3.45. The van der Waals surface area contributed by atoms with E-state index < -0.39 is 0 Å². The Balaban J connectivity index is 1.54. The topological polar surface area (TPSA) is 48.3 Å². The number of piperidine rings is 1. The van der Waals surface area contributed by atoms with Gasteiger partial charge in [0.2, 0.25) is 0 Å². The molecule has 4 heteroatoms. The molecule has 0 amide bonds. The number of benzene rings is 1. The van der Waals surface area contributed by atoms with Crippen molar-refractivity contribution in [2.75, 3.05) is 19.7 Å². The number of nitrogens with zero attached hydrogens (tertiary/aromatic N) is 2. The van der Waals surface area contributed by atoms with Gasteiger partial charge in [-0.15, -0.1) is 0 Å². The normalized spacial score (nSPS) is 25.3. The lowest BCUT2D eigenvalue weighted by atomic mass is 9.97. The van der Waals surface area contributed by atoms with Crippen LogP contribution in [0, 0.1) is 11.3 Å². The summed E-state index contributed by atoms with van der Waals surface area (Å²) in [4.78, 5) is 2.64. The first kappa shape index (κ1) is 14.4. The van der Waals surface area contributed by atoms with Crippen molar-refractivity contribution in [1.29, 1.82) is 5.26 Å². The molecule has 2 saturated heterocycles. The van der Waals surface area contributed by atoms with Crippen LogP contribution in [0.2, 0.25) is 0 Å². The van der Waals surface area contributed by atoms with Crippen LogP contribution in [0.3, 0.4) is 0 Å². The van der Waals surface area contributed by atoms with E-state index in [2.05, 4.69) is 16.3 Å². The van der Waals surface area contributed by atoms with Gasteiger partial charge in [0.1, 0.15) is 11.8 Å². The molecule has 2 heterocycles. The Morgan fingerprint density at radius 2 is 2.19 bits per heavy atom.